The number of hydrogen-bond acceptors (Lipinski definition) is 6. The fraction of sp³-hybridized carbons (Fsp3) is 0.391. The molecule has 2 N–H and O–H groups in total. The minimum absolute atomic E-state index is 0. The number of rotatable bonds is 10. The van der Waals surface area contributed by atoms with Crippen molar-refractivity contribution >= 4 is 34.3 Å². The lowest BCUT2D eigenvalue weighted by molar-refractivity contribution is -0.137. The Bertz CT molecular complexity index is 2230. The number of β-amino-alcohol motifs (C(OH)–C–C–N with tert-alkyl or cyclic N) is 2. The predicted octanol–water partition coefficient (Wildman–Crippen LogP) is 10.2. The van der Waals surface area contributed by atoms with Crippen LogP contribution in [-0.2, 0) is 47.6 Å². The number of aryl methyl sites for hydroxylation is 2. The highest BCUT2D eigenvalue weighted by molar-refractivity contribution is 5.90. The van der Waals surface area contributed by atoms with Gasteiger partial charge in [-0.3, -0.25) is 9.59 Å². The quantitative estimate of drug-likeness (QED) is 0.122. The van der Waals surface area contributed by atoms with Crippen LogP contribution in [0.2, 0.25) is 0 Å². The number of halogens is 7. The van der Waals surface area contributed by atoms with Gasteiger partial charge in [0.15, 0.2) is 22.9 Å². The van der Waals surface area contributed by atoms with Crippen LogP contribution in [-0.4, -0.2) is 59.2 Å². The van der Waals surface area contributed by atoms with Crippen LogP contribution in [0.4, 0.5) is 53.5 Å². The average Bonchev–Trinajstić information content (AvgIpc) is 3.18. The number of fused-ring (bicyclic) bond motifs is 2. The number of hydrogen-bond donors (Lipinski definition) is 2. The number of nitrogens with zero attached hydrogens (tertiary/aromatic N) is 4. The normalized spacial score (nSPS) is 15.6. The van der Waals surface area contributed by atoms with Gasteiger partial charge in [0, 0.05) is 37.3 Å². The zero-order valence-electron chi connectivity index (χ0n) is 33.1. The molecule has 0 bridgehead atoms. The molecule has 0 radical (unpaired) electrons. The molecule has 2 atom stereocenters. The maximum absolute atomic E-state index is 13.7. The minimum atomic E-state index is -4.72. The summed E-state index contributed by atoms with van der Waals surface area (Å²) in [5.74, 6) is -1.65. The van der Waals surface area contributed by atoms with Crippen LogP contribution in [0.25, 0.3) is 9.69 Å². The first-order valence-corrected chi connectivity index (χ1v) is 19.1. The molecule has 8 nitrogen and oxygen atoms in total. The number of benzene rings is 4. The molecule has 2 aliphatic heterocycles. The van der Waals surface area contributed by atoms with Crippen LogP contribution < -0.4 is 9.80 Å². The van der Waals surface area contributed by atoms with Gasteiger partial charge in [0.1, 0.15) is 17.0 Å². The molecule has 0 aliphatic carbocycles. The molecule has 4 aromatic carbocycles. The maximum Gasteiger partial charge on any atom is 0.407 e. The Hall–Kier alpha value is -5.77. The number of carbonyl (C=O) groups is 2. The molecule has 0 aromatic heterocycles. The molecule has 0 spiro atoms. The van der Waals surface area contributed by atoms with E-state index in [0.29, 0.717) is 18.8 Å². The van der Waals surface area contributed by atoms with Gasteiger partial charge < -0.3 is 20.0 Å². The maximum atomic E-state index is 13.7. The Morgan fingerprint density at radius 1 is 0.689 bits per heavy atom. The first-order chi connectivity index (χ1) is 28.0. The van der Waals surface area contributed by atoms with Gasteiger partial charge in [-0.05, 0) is 92.5 Å². The summed E-state index contributed by atoms with van der Waals surface area (Å²) in [6.07, 6.45) is -6.80. The van der Waals surface area contributed by atoms with Crippen molar-refractivity contribution in [1.82, 2.24) is 0 Å². The van der Waals surface area contributed by atoms with Crippen molar-refractivity contribution < 1.29 is 50.5 Å². The van der Waals surface area contributed by atoms with Crippen molar-refractivity contribution in [3.8, 4) is 0 Å². The molecule has 0 fully saturated rings. The summed E-state index contributed by atoms with van der Waals surface area (Å²) in [5, 5.41) is 21.6. The highest BCUT2D eigenvalue weighted by Gasteiger charge is 2.38. The molecular weight excluding hydrogens is 806 g/mol. The molecule has 15 heteroatoms. The molecule has 2 aliphatic rings. The van der Waals surface area contributed by atoms with Gasteiger partial charge in [0.25, 0.3) is 0 Å². The number of carbonyl (C=O) groups excluding carboxylic acids is 2. The van der Waals surface area contributed by atoms with E-state index in [0.717, 1.165) is 66.8 Å². The summed E-state index contributed by atoms with van der Waals surface area (Å²) in [7, 11) is 0. The zero-order chi connectivity index (χ0) is 44.2. The Kier molecular flexibility index (Phi) is 14.8. The van der Waals surface area contributed by atoms with Crippen LogP contribution in [0, 0.1) is 25.9 Å². The van der Waals surface area contributed by atoms with Crippen molar-refractivity contribution in [1.29, 1.82) is 0 Å². The van der Waals surface area contributed by atoms with E-state index in [1.807, 2.05) is 30.0 Å². The Balaban J connectivity index is 0.000000264. The lowest BCUT2D eigenvalue weighted by Crippen LogP contribution is -2.49. The SMILES string of the molecule is C.[C-]#[N+]c1ccc(CC(=O)[C@@](C)(O)CN2CCCc3c(C)cccc32)cc1C(F)(F)F.[C-]#[N+]c1ccc(CC(=O)[C@@](C)(O)CN2CCCc3ccc(F)cc32)cc1C(F)(F)F. The average molecular weight is 853 g/mol. The molecule has 4 aromatic rings. The lowest BCUT2D eigenvalue weighted by Gasteiger charge is -2.36. The Labute approximate surface area is 350 Å². The van der Waals surface area contributed by atoms with Gasteiger partial charge >= 0.3 is 12.4 Å². The number of anilines is 2. The van der Waals surface area contributed by atoms with Gasteiger partial charge in [-0.2, -0.15) is 26.3 Å². The summed E-state index contributed by atoms with van der Waals surface area (Å²) in [6.45, 7) is 19.7. The molecular formula is C46H47F7N4O4. The Morgan fingerprint density at radius 2 is 1.16 bits per heavy atom. The number of aliphatic hydroxyl groups is 2. The standard InChI is InChI=1S/C23H23F3N2O2.C22H20F4N2O2.CH4/c1-15-6-4-8-20-17(15)7-5-11-28(20)14-22(2,30)21(29)13-16-9-10-19(27-3)18(12-16)23(24,25)26;1-21(30,13-28-9-3-4-15-6-7-16(23)12-19(15)28)20(29)11-14-5-8-18(27-2)17(10-14)22(24,25)26;/h4,6,8-10,12,30H,5,7,11,13-14H2,1-2H3;5-8,10,12,30H,3-4,9,11,13H2,1H3;1H4/t22-;21-;/m00./s1. The molecule has 6 rings (SSSR count). The van der Waals surface area contributed by atoms with Crippen LogP contribution in [0.3, 0.4) is 0 Å². The summed E-state index contributed by atoms with van der Waals surface area (Å²) < 4.78 is 92.7. The van der Waals surface area contributed by atoms with Crippen molar-refractivity contribution in [2.24, 2.45) is 0 Å². The smallest absolute Gasteiger partial charge is 0.380 e. The summed E-state index contributed by atoms with van der Waals surface area (Å²) in [5.41, 5.74) is -1.78. The van der Waals surface area contributed by atoms with Gasteiger partial charge in [-0.15, -0.1) is 0 Å². The van der Waals surface area contributed by atoms with E-state index >= 15 is 0 Å². The molecule has 0 saturated heterocycles. The largest absolute Gasteiger partial charge is 0.407 e. The van der Waals surface area contributed by atoms with Crippen LogP contribution in [0.1, 0.15) is 73.1 Å². The number of ketones is 2. The topological polar surface area (TPSA) is 89.8 Å². The van der Waals surface area contributed by atoms with Crippen molar-refractivity contribution in [2.45, 2.75) is 90.3 Å². The molecule has 61 heavy (non-hydrogen) atoms. The summed E-state index contributed by atoms with van der Waals surface area (Å²) >= 11 is 0. The first-order valence-electron chi connectivity index (χ1n) is 19.1. The van der Waals surface area contributed by atoms with Crippen LogP contribution in [0.15, 0.2) is 72.8 Å². The third-order valence-electron chi connectivity index (χ3n) is 10.7. The van der Waals surface area contributed by atoms with E-state index in [1.165, 1.54) is 43.7 Å². The van der Waals surface area contributed by atoms with Crippen LogP contribution in [0.5, 0.6) is 0 Å². The van der Waals surface area contributed by atoms with E-state index in [1.54, 1.807) is 11.0 Å². The summed E-state index contributed by atoms with van der Waals surface area (Å²) in [4.78, 5) is 35.0. The number of Topliss-reactive ketones (excluding diaryl/α,β-unsaturated/α-hetero) is 2. The highest BCUT2D eigenvalue weighted by atomic mass is 19.4. The highest BCUT2D eigenvalue weighted by Crippen LogP contribution is 2.39. The Morgan fingerprint density at radius 3 is 1.64 bits per heavy atom. The predicted molar refractivity (Wildman–Crippen MR) is 219 cm³/mol. The van der Waals surface area contributed by atoms with E-state index < -0.39 is 69.9 Å². The monoisotopic (exact) mass is 852 g/mol. The lowest BCUT2D eigenvalue weighted by atomic mass is 9.91. The molecule has 0 amide bonds. The zero-order valence-corrected chi connectivity index (χ0v) is 33.1. The van der Waals surface area contributed by atoms with Gasteiger partial charge in [0.2, 0.25) is 0 Å². The van der Waals surface area contributed by atoms with Crippen molar-refractivity contribution in [3.63, 3.8) is 0 Å². The fourth-order valence-electron chi connectivity index (χ4n) is 7.53. The van der Waals surface area contributed by atoms with Crippen LogP contribution >= 0.6 is 0 Å². The van der Waals surface area contributed by atoms with E-state index in [2.05, 4.69) is 9.69 Å². The third-order valence-corrected chi connectivity index (χ3v) is 10.7. The minimum Gasteiger partial charge on any atom is -0.380 e. The molecule has 0 unspecified atom stereocenters. The second-order valence-corrected chi connectivity index (χ2v) is 15.6. The second kappa shape index (κ2) is 18.9. The molecule has 2 heterocycles. The van der Waals surface area contributed by atoms with Gasteiger partial charge in [-0.1, -0.05) is 62.0 Å². The van der Waals surface area contributed by atoms with Crippen molar-refractivity contribution in [2.75, 3.05) is 36.0 Å². The second-order valence-electron chi connectivity index (χ2n) is 15.6. The van der Waals surface area contributed by atoms with E-state index in [4.69, 9.17) is 13.1 Å². The fourth-order valence-corrected chi connectivity index (χ4v) is 7.53. The first kappa shape index (κ1) is 47.9. The van der Waals surface area contributed by atoms with E-state index in [9.17, 15) is 50.5 Å². The number of alkyl halides is 6. The van der Waals surface area contributed by atoms with E-state index in [-0.39, 0.29) is 38.1 Å². The van der Waals surface area contributed by atoms with Gasteiger partial charge in [0.05, 0.1) is 37.4 Å². The summed E-state index contributed by atoms with van der Waals surface area (Å²) in [6, 6.07) is 16.6. The van der Waals surface area contributed by atoms with Crippen molar-refractivity contribution in [3.05, 3.63) is 140 Å². The third kappa shape index (κ3) is 11.5. The molecule has 324 valence electrons. The van der Waals surface area contributed by atoms with Gasteiger partial charge in [-0.25, -0.2) is 14.1 Å². The molecule has 0 saturated carbocycles.